The van der Waals surface area contributed by atoms with Gasteiger partial charge in [0.05, 0.1) is 23.5 Å². The second-order valence-corrected chi connectivity index (χ2v) is 9.12. The Bertz CT molecular complexity index is 793. The van der Waals surface area contributed by atoms with E-state index in [2.05, 4.69) is 0 Å². The number of allylic oxidation sites excluding steroid dienone is 1. The van der Waals surface area contributed by atoms with Crippen molar-refractivity contribution < 1.29 is 27.8 Å². The summed E-state index contributed by atoms with van der Waals surface area (Å²) in [4.78, 5) is 14.2. The summed E-state index contributed by atoms with van der Waals surface area (Å²) in [6.45, 7) is 13.5. The third kappa shape index (κ3) is 8.36. The standard InChI is InChI=1S/C24H34F3NO3.C2H6/c1-6-7-8-9-21(29)28(18-14-23(5,30)15-18)22-17(4)12-19(31-11-10-16(2)3)13-20(22)24(25,26)27;1-2/h8-9,12-13,16,18,30H,6-7,10-11,14-15H2,1-5H3;1-2H3/b9-8+;. The minimum absolute atomic E-state index is 0.142. The number of nitrogens with zero attached hydrogens (tertiary/aromatic N) is 1. The van der Waals surface area contributed by atoms with Gasteiger partial charge in [0, 0.05) is 6.04 Å². The van der Waals surface area contributed by atoms with Crippen LogP contribution in [-0.2, 0) is 11.0 Å². The lowest BCUT2D eigenvalue weighted by molar-refractivity contribution is -0.137. The van der Waals surface area contributed by atoms with Crippen molar-refractivity contribution in [3.05, 3.63) is 35.4 Å². The molecule has 1 aromatic rings. The average Bonchev–Trinajstić information content (AvgIpc) is 2.68. The summed E-state index contributed by atoms with van der Waals surface area (Å²) in [6, 6.07) is 2.04. The van der Waals surface area contributed by atoms with Crippen molar-refractivity contribution in [2.45, 2.75) is 98.4 Å². The number of rotatable bonds is 9. The van der Waals surface area contributed by atoms with Gasteiger partial charge in [0.1, 0.15) is 5.75 Å². The third-order valence-corrected chi connectivity index (χ3v) is 5.45. The van der Waals surface area contributed by atoms with Gasteiger partial charge in [-0.1, -0.05) is 47.1 Å². The minimum Gasteiger partial charge on any atom is -0.494 e. The normalized spacial score (nSPS) is 20.3. The van der Waals surface area contributed by atoms with E-state index < -0.39 is 29.3 Å². The second-order valence-electron chi connectivity index (χ2n) is 9.12. The molecular formula is C26H40F3NO3. The lowest BCUT2D eigenvalue weighted by Gasteiger charge is -2.47. The molecule has 0 atom stereocenters. The van der Waals surface area contributed by atoms with Crippen LogP contribution in [0.25, 0.3) is 0 Å². The van der Waals surface area contributed by atoms with Crippen molar-refractivity contribution >= 4 is 11.6 Å². The van der Waals surface area contributed by atoms with E-state index in [4.69, 9.17) is 4.74 Å². The zero-order valence-electron chi connectivity index (χ0n) is 21.1. The quantitative estimate of drug-likeness (QED) is 0.392. The molecule has 1 fully saturated rings. The van der Waals surface area contributed by atoms with Gasteiger partial charge >= 0.3 is 6.18 Å². The molecule has 1 aliphatic carbocycles. The Labute approximate surface area is 196 Å². The van der Waals surface area contributed by atoms with Crippen molar-refractivity contribution in [2.75, 3.05) is 11.5 Å². The highest BCUT2D eigenvalue weighted by Gasteiger charge is 2.46. The Hall–Kier alpha value is -2.02. The van der Waals surface area contributed by atoms with Crippen molar-refractivity contribution in [3.63, 3.8) is 0 Å². The van der Waals surface area contributed by atoms with E-state index in [0.717, 1.165) is 18.9 Å². The molecule has 1 N–H and O–H groups in total. The molecule has 33 heavy (non-hydrogen) atoms. The van der Waals surface area contributed by atoms with E-state index in [1.807, 2.05) is 34.6 Å². The van der Waals surface area contributed by atoms with E-state index >= 15 is 0 Å². The lowest BCUT2D eigenvalue weighted by Crippen LogP contribution is -2.56. The summed E-state index contributed by atoms with van der Waals surface area (Å²) >= 11 is 0. The van der Waals surface area contributed by atoms with Crippen LogP contribution in [0.5, 0.6) is 5.75 Å². The van der Waals surface area contributed by atoms with Crippen LogP contribution < -0.4 is 9.64 Å². The van der Waals surface area contributed by atoms with Gasteiger partial charge in [-0.3, -0.25) is 4.79 Å². The molecular weight excluding hydrogens is 431 g/mol. The molecule has 7 heteroatoms. The number of amides is 1. The van der Waals surface area contributed by atoms with Gasteiger partial charge in [-0.2, -0.15) is 13.2 Å². The maximum atomic E-state index is 14.1. The first-order chi connectivity index (χ1) is 15.4. The highest BCUT2D eigenvalue weighted by molar-refractivity contribution is 6.03. The molecule has 0 spiro atoms. The number of unbranched alkanes of at least 4 members (excludes halogenated alkanes) is 1. The van der Waals surface area contributed by atoms with Crippen molar-refractivity contribution in [1.82, 2.24) is 0 Å². The summed E-state index contributed by atoms with van der Waals surface area (Å²) in [5.74, 6) is 0.0108. The number of benzene rings is 1. The Kier molecular flexibility index (Phi) is 10.9. The van der Waals surface area contributed by atoms with E-state index in [1.165, 1.54) is 11.0 Å². The first kappa shape index (κ1) is 29.0. The number of aryl methyl sites for hydroxylation is 1. The van der Waals surface area contributed by atoms with E-state index in [9.17, 15) is 23.1 Å². The lowest BCUT2D eigenvalue weighted by atomic mass is 9.76. The molecule has 0 radical (unpaired) electrons. The second kappa shape index (κ2) is 12.4. The highest BCUT2D eigenvalue weighted by atomic mass is 19.4. The number of hydrogen-bond donors (Lipinski definition) is 1. The maximum Gasteiger partial charge on any atom is 0.418 e. The predicted octanol–water partition coefficient (Wildman–Crippen LogP) is 7.07. The van der Waals surface area contributed by atoms with E-state index in [1.54, 1.807) is 26.0 Å². The van der Waals surface area contributed by atoms with Crippen molar-refractivity contribution in [2.24, 2.45) is 5.92 Å². The topological polar surface area (TPSA) is 49.8 Å². The van der Waals surface area contributed by atoms with Crippen LogP contribution in [0.3, 0.4) is 0 Å². The fraction of sp³-hybridized carbons (Fsp3) is 0.654. The van der Waals surface area contributed by atoms with Gasteiger partial charge in [-0.25, -0.2) is 0 Å². The molecule has 0 bridgehead atoms. The van der Waals surface area contributed by atoms with Crippen molar-refractivity contribution in [1.29, 1.82) is 0 Å². The molecule has 0 heterocycles. The Morgan fingerprint density at radius 1 is 1.30 bits per heavy atom. The van der Waals surface area contributed by atoms with Gasteiger partial charge in [0.25, 0.3) is 5.91 Å². The molecule has 1 saturated carbocycles. The number of anilines is 1. The van der Waals surface area contributed by atoms with Crippen molar-refractivity contribution in [3.8, 4) is 5.75 Å². The van der Waals surface area contributed by atoms with Crippen LogP contribution in [0.1, 0.15) is 84.8 Å². The predicted molar refractivity (Wildman–Crippen MR) is 128 cm³/mol. The summed E-state index contributed by atoms with van der Waals surface area (Å²) in [5.41, 5.74) is -1.72. The first-order valence-corrected chi connectivity index (χ1v) is 11.9. The number of halogens is 3. The molecule has 2 rings (SSSR count). The van der Waals surface area contributed by atoms with Crippen LogP contribution in [0, 0.1) is 12.8 Å². The minimum atomic E-state index is -4.66. The number of carbonyl (C=O) groups is 1. The summed E-state index contributed by atoms with van der Waals surface area (Å²) < 4.78 is 47.8. The number of ether oxygens (including phenoxy) is 1. The molecule has 1 aromatic carbocycles. The van der Waals surface area contributed by atoms with Gasteiger partial charge in [0.15, 0.2) is 0 Å². The SMILES string of the molecule is CC.CCC/C=C/C(=O)N(c1c(C)cc(OCCC(C)C)cc1C(F)(F)F)C1CC(C)(O)C1. The fourth-order valence-corrected chi connectivity index (χ4v) is 3.82. The zero-order chi connectivity index (χ0) is 25.4. The van der Waals surface area contributed by atoms with Crippen LogP contribution in [0.4, 0.5) is 18.9 Å². The number of carbonyl (C=O) groups excluding carboxylic acids is 1. The molecule has 4 nitrogen and oxygen atoms in total. The monoisotopic (exact) mass is 471 g/mol. The Morgan fingerprint density at radius 3 is 2.39 bits per heavy atom. The van der Waals surface area contributed by atoms with Crippen LogP contribution in [-0.4, -0.2) is 29.3 Å². The maximum absolute atomic E-state index is 14.1. The molecule has 1 aliphatic rings. The van der Waals surface area contributed by atoms with Gasteiger partial charge in [-0.05, 0) is 69.2 Å². The number of aliphatic hydroxyl groups is 1. The smallest absolute Gasteiger partial charge is 0.418 e. The van der Waals surface area contributed by atoms with Gasteiger partial charge < -0.3 is 14.7 Å². The van der Waals surface area contributed by atoms with Crippen LogP contribution in [0.2, 0.25) is 0 Å². The molecule has 0 saturated heterocycles. The molecule has 1 amide bonds. The van der Waals surface area contributed by atoms with Crippen LogP contribution >= 0.6 is 0 Å². The Morgan fingerprint density at radius 2 is 1.91 bits per heavy atom. The third-order valence-electron chi connectivity index (χ3n) is 5.45. The molecule has 0 unspecified atom stereocenters. The zero-order valence-corrected chi connectivity index (χ0v) is 21.1. The van der Waals surface area contributed by atoms with E-state index in [-0.39, 0.29) is 24.3 Å². The van der Waals surface area contributed by atoms with E-state index in [0.29, 0.717) is 24.5 Å². The van der Waals surface area contributed by atoms with Gasteiger partial charge in [0.2, 0.25) is 0 Å². The molecule has 0 aromatic heterocycles. The van der Waals surface area contributed by atoms with Crippen LogP contribution in [0.15, 0.2) is 24.3 Å². The largest absolute Gasteiger partial charge is 0.494 e. The summed E-state index contributed by atoms with van der Waals surface area (Å²) in [6.07, 6.45) is 1.03. The average molecular weight is 472 g/mol. The molecule has 188 valence electrons. The summed E-state index contributed by atoms with van der Waals surface area (Å²) in [5, 5.41) is 10.2. The van der Waals surface area contributed by atoms with Gasteiger partial charge in [-0.15, -0.1) is 0 Å². The summed E-state index contributed by atoms with van der Waals surface area (Å²) in [7, 11) is 0. The molecule has 0 aliphatic heterocycles. The number of alkyl halides is 3. The fourth-order valence-electron chi connectivity index (χ4n) is 3.82. The Balaban J connectivity index is 0.00000265. The highest BCUT2D eigenvalue weighted by Crippen LogP contribution is 2.45. The first-order valence-electron chi connectivity index (χ1n) is 11.9. The number of hydrogen-bond acceptors (Lipinski definition) is 3.